The van der Waals surface area contributed by atoms with Crippen molar-refractivity contribution in [2.24, 2.45) is 5.41 Å². The number of hydrogen-bond donors (Lipinski definition) is 1. The van der Waals surface area contributed by atoms with Crippen molar-refractivity contribution in [1.82, 2.24) is 9.88 Å². The fourth-order valence-corrected chi connectivity index (χ4v) is 2.80. The van der Waals surface area contributed by atoms with Gasteiger partial charge in [0.15, 0.2) is 0 Å². The Balaban J connectivity index is 1.86. The van der Waals surface area contributed by atoms with Crippen molar-refractivity contribution in [3.63, 3.8) is 0 Å². The minimum Gasteiger partial charge on any atom is -0.366 e. The number of H-pyrrole nitrogens is 1. The average Bonchev–Trinajstić information content (AvgIpc) is 3.01. The Morgan fingerprint density at radius 1 is 1.29 bits per heavy atom. The van der Waals surface area contributed by atoms with Gasteiger partial charge in [-0.05, 0) is 37.3 Å². The molecule has 1 fully saturated rings. The summed E-state index contributed by atoms with van der Waals surface area (Å²) in [6, 6.07) is 10.6. The third-order valence-electron chi connectivity index (χ3n) is 4.36. The summed E-state index contributed by atoms with van der Waals surface area (Å²) in [4.78, 5) is 5.86. The highest BCUT2D eigenvalue weighted by Crippen LogP contribution is 2.46. The standard InChI is InChI=1S/C19H24N2/c1-14(2)12-21(13-19(4)9-10-19)15(3)18-11-16-7-5-6-8-17(16)20-18/h5-8,11,20H,1,3,9-10,12-13H2,2,4H3. The molecule has 1 saturated carbocycles. The van der Waals surface area contributed by atoms with E-state index in [-0.39, 0.29) is 0 Å². The van der Waals surface area contributed by atoms with Crippen molar-refractivity contribution in [1.29, 1.82) is 0 Å². The third-order valence-corrected chi connectivity index (χ3v) is 4.36. The maximum absolute atomic E-state index is 4.34. The Hall–Kier alpha value is -1.96. The van der Waals surface area contributed by atoms with Crippen molar-refractivity contribution in [3.8, 4) is 0 Å². The monoisotopic (exact) mass is 280 g/mol. The second-order valence-corrected chi connectivity index (χ2v) is 6.84. The topological polar surface area (TPSA) is 19.0 Å². The summed E-state index contributed by atoms with van der Waals surface area (Å²) in [7, 11) is 0. The predicted molar refractivity (Wildman–Crippen MR) is 91.1 cm³/mol. The van der Waals surface area contributed by atoms with Gasteiger partial charge in [0, 0.05) is 24.0 Å². The van der Waals surface area contributed by atoms with E-state index in [0.717, 1.165) is 24.5 Å². The van der Waals surface area contributed by atoms with Crippen LogP contribution in [0.1, 0.15) is 32.4 Å². The van der Waals surface area contributed by atoms with Crippen molar-refractivity contribution < 1.29 is 0 Å². The number of benzene rings is 1. The number of hydrogen-bond acceptors (Lipinski definition) is 1. The first-order valence-electron chi connectivity index (χ1n) is 7.63. The zero-order chi connectivity index (χ0) is 15.0. The quantitative estimate of drug-likeness (QED) is 0.752. The summed E-state index contributed by atoms with van der Waals surface area (Å²) in [5.74, 6) is 0. The molecule has 0 unspecified atom stereocenters. The molecule has 1 aliphatic carbocycles. The normalized spacial score (nSPS) is 15.9. The van der Waals surface area contributed by atoms with Crippen LogP contribution in [-0.2, 0) is 0 Å². The molecule has 2 nitrogen and oxygen atoms in total. The predicted octanol–water partition coefficient (Wildman–Crippen LogP) is 4.82. The van der Waals surface area contributed by atoms with E-state index in [0.29, 0.717) is 5.41 Å². The van der Waals surface area contributed by atoms with Gasteiger partial charge < -0.3 is 9.88 Å². The van der Waals surface area contributed by atoms with Crippen LogP contribution >= 0.6 is 0 Å². The molecule has 0 spiro atoms. The van der Waals surface area contributed by atoms with Gasteiger partial charge in [-0.3, -0.25) is 0 Å². The smallest absolute Gasteiger partial charge is 0.0622 e. The van der Waals surface area contributed by atoms with Crippen LogP contribution in [0, 0.1) is 5.41 Å². The molecule has 0 saturated heterocycles. The molecule has 2 heteroatoms. The lowest BCUT2D eigenvalue weighted by Crippen LogP contribution is -2.29. The molecule has 110 valence electrons. The lowest BCUT2D eigenvalue weighted by atomic mass is 10.1. The zero-order valence-corrected chi connectivity index (χ0v) is 13.1. The average molecular weight is 280 g/mol. The van der Waals surface area contributed by atoms with Crippen LogP contribution in [-0.4, -0.2) is 23.0 Å². The van der Waals surface area contributed by atoms with Crippen LogP contribution in [0.15, 0.2) is 49.1 Å². The summed E-state index contributed by atoms with van der Waals surface area (Å²) in [6.45, 7) is 14.8. The van der Waals surface area contributed by atoms with E-state index in [2.05, 4.69) is 67.2 Å². The lowest BCUT2D eigenvalue weighted by Gasteiger charge is -2.29. The van der Waals surface area contributed by atoms with E-state index in [1.807, 2.05) is 0 Å². The maximum atomic E-state index is 4.34. The Kier molecular flexibility index (Phi) is 3.40. The van der Waals surface area contributed by atoms with Crippen LogP contribution < -0.4 is 0 Å². The van der Waals surface area contributed by atoms with E-state index in [4.69, 9.17) is 0 Å². The molecular formula is C19H24N2. The number of nitrogens with zero attached hydrogens (tertiary/aromatic N) is 1. The number of aromatic nitrogens is 1. The molecule has 2 aromatic rings. The molecule has 1 aromatic carbocycles. The van der Waals surface area contributed by atoms with Gasteiger partial charge in [0.1, 0.15) is 0 Å². The lowest BCUT2D eigenvalue weighted by molar-refractivity contribution is 0.342. The molecule has 1 heterocycles. The Morgan fingerprint density at radius 2 is 2.00 bits per heavy atom. The van der Waals surface area contributed by atoms with Crippen molar-refractivity contribution in [3.05, 3.63) is 54.8 Å². The Bertz CT molecular complexity index is 655. The van der Waals surface area contributed by atoms with E-state index in [1.165, 1.54) is 29.3 Å². The van der Waals surface area contributed by atoms with Gasteiger partial charge in [0.25, 0.3) is 0 Å². The molecule has 21 heavy (non-hydrogen) atoms. The van der Waals surface area contributed by atoms with Gasteiger partial charge in [-0.25, -0.2) is 0 Å². The van der Waals surface area contributed by atoms with Crippen LogP contribution in [0.2, 0.25) is 0 Å². The van der Waals surface area contributed by atoms with Gasteiger partial charge in [-0.1, -0.05) is 43.9 Å². The molecule has 1 aromatic heterocycles. The molecule has 0 bridgehead atoms. The molecular weight excluding hydrogens is 256 g/mol. The summed E-state index contributed by atoms with van der Waals surface area (Å²) >= 11 is 0. The summed E-state index contributed by atoms with van der Waals surface area (Å²) in [5, 5.41) is 1.24. The SMILES string of the molecule is C=C(C)CN(CC1(C)CC1)C(=C)c1cc2ccccc2[nH]1. The molecule has 3 rings (SSSR count). The number of para-hydroxylation sites is 1. The minimum atomic E-state index is 0.463. The second kappa shape index (κ2) is 5.10. The van der Waals surface area contributed by atoms with Gasteiger partial charge in [0.2, 0.25) is 0 Å². The van der Waals surface area contributed by atoms with E-state index in [9.17, 15) is 0 Å². The van der Waals surface area contributed by atoms with Crippen LogP contribution in [0.25, 0.3) is 16.6 Å². The number of fused-ring (bicyclic) bond motifs is 1. The number of rotatable bonds is 6. The van der Waals surface area contributed by atoms with Gasteiger partial charge in [-0.2, -0.15) is 0 Å². The molecule has 0 amide bonds. The van der Waals surface area contributed by atoms with Crippen molar-refractivity contribution in [2.75, 3.05) is 13.1 Å². The molecule has 1 N–H and O–H groups in total. The fraction of sp³-hybridized carbons (Fsp3) is 0.368. The third kappa shape index (κ3) is 3.05. The van der Waals surface area contributed by atoms with Crippen LogP contribution in [0.3, 0.4) is 0 Å². The van der Waals surface area contributed by atoms with E-state index in [1.54, 1.807) is 0 Å². The fourth-order valence-electron chi connectivity index (χ4n) is 2.80. The number of nitrogens with one attached hydrogen (secondary N) is 1. The first-order valence-corrected chi connectivity index (χ1v) is 7.63. The highest BCUT2D eigenvalue weighted by Gasteiger charge is 2.39. The highest BCUT2D eigenvalue weighted by molar-refractivity contribution is 5.84. The molecule has 1 aliphatic rings. The van der Waals surface area contributed by atoms with E-state index >= 15 is 0 Å². The molecule has 0 atom stereocenters. The van der Waals surface area contributed by atoms with Gasteiger partial charge >= 0.3 is 0 Å². The minimum absolute atomic E-state index is 0.463. The van der Waals surface area contributed by atoms with E-state index < -0.39 is 0 Å². The largest absolute Gasteiger partial charge is 0.366 e. The van der Waals surface area contributed by atoms with Crippen LogP contribution in [0.4, 0.5) is 0 Å². The van der Waals surface area contributed by atoms with Crippen LogP contribution in [0.5, 0.6) is 0 Å². The summed E-state index contributed by atoms with van der Waals surface area (Å²) in [5.41, 5.74) is 4.99. The Labute approximate surface area is 127 Å². The molecule has 0 aliphatic heterocycles. The summed E-state index contributed by atoms with van der Waals surface area (Å²) < 4.78 is 0. The Morgan fingerprint density at radius 3 is 2.62 bits per heavy atom. The zero-order valence-electron chi connectivity index (χ0n) is 13.1. The maximum Gasteiger partial charge on any atom is 0.0622 e. The first-order chi connectivity index (χ1) is 9.97. The second-order valence-electron chi connectivity index (χ2n) is 6.84. The van der Waals surface area contributed by atoms with Gasteiger partial charge in [-0.15, -0.1) is 0 Å². The van der Waals surface area contributed by atoms with Crippen molar-refractivity contribution >= 4 is 16.6 Å². The first kappa shape index (κ1) is 14.0. The molecule has 0 radical (unpaired) electrons. The highest BCUT2D eigenvalue weighted by atomic mass is 15.2. The van der Waals surface area contributed by atoms with Gasteiger partial charge in [0.05, 0.1) is 11.4 Å². The van der Waals surface area contributed by atoms with Crippen molar-refractivity contribution in [2.45, 2.75) is 26.7 Å². The number of aromatic amines is 1. The summed E-state index contributed by atoms with van der Waals surface area (Å²) in [6.07, 6.45) is 2.64.